The summed E-state index contributed by atoms with van der Waals surface area (Å²) in [4.78, 5) is 14.5. The van der Waals surface area contributed by atoms with E-state index < -0.39 is 0 Å². The van der Waals surface area contributed by atoms with Gasteiger partial charge in [0, 0.05) is 26.3 Å². The van der Waals surface area contributed by atoms with Gasteiger partial charge >= 0.3 is 0 Å². The van der Waals surface area contributed by atoms with Gasteiger partial charge < -0.3 is 21.3 Å². The van der Waals surface area contributed by atoms with E-state index in [2.05, 4.69) is 26.9 Å². The highest BCUT2D eigenvalue weighted by Gasteiger charge is 2.13. The predicted octanol–water partition coefficient (Wildman–Crippen LogP) is 2.21. The minimum Gasteiger partial charge on any atom is -0.384 e. The van der Waals surface area contributed by atoms with E-state index >= 15 is 0 Å². The van der Waals surface area contributed by atoms with Crippen LogP contribution in [0.5, 0.6) is 0 Å². The number of amides is 1. The van der Waals surface area contributed by atoms with Crippen LogP contribution in [-0.4, -0.2) is 43.3 Å². The second-order valence-electron chi connectivity index (χ2n) is 6.27. The summed E-state index contributed by atoms with van der Waals surface area (Å²) in [5.41, 5.74) is 7.06. The Morgan fingerprint density at radius 3 is 2.63 bits per heavy atom. The van der Waals surface area contributed by atoms with Gasteiger partial charge in [0.1, 0.15) is 0 Å². The molecule has 0 aliphatic heterocycles. The first kappa shape index (κ1) is 20.1. The highest BCUT2D eigenvalue weighted by molar-refractivity contribution is 6.07. The maximum Gasteiger partial charge on any atom is 0.258 e. The van der Waals surface area contributed by atoms with Gasteiger partial charge in [0.05, 0.1) is 17.2 Å². The number of anilines is 3. The van der Waals surface area contributed by atoms with Crippen molar-refractivity contribution in [2.75, 3.05) is 42.7 Å². The van der Waals surface area contributed by atoms with Crippen LogP contribution in [0.15, 0.2) is 30.3 Å². The van der Waals surface area contributed by atoms with Crippen LogP contribution in [0, 0.1) is 11.3 Å². The molecule has 2 aromatic rings. The third kappa shape index (κ3) is 5.94. The molecule has 27 heavy (non-hydrogen) atoms. The summed E-state index contributed by atoms with van der Waals surface area (Å²) in [5.74, 6) is 0.755. The van der Waals surface area contributed by atoms with Crippen LogP contribution >= 0.6 is 0 Å². The molecule has 4 N–H and O–H groups in total. The summed E-state index contributed by atoms with van der Waals surface area (Å²) >= 11 is 0. The van der Waals surface area contributed by atoms with Crippen molar-refractivity contribution in [3.63, 3.8) is 0 Å². The number of hydrogen-bond acceptors (Lipinski definition) is 7. The van der Waals surface area contributed by atoms with Gasteiger partial charge in [0.25, 0.3) is 5.91 Å². The van der Waals surface area contributed by atoms with Crippen molar-refractivity contribution in [3.05, 3.63) is 41.5 Å². The van der Waals surface area contributed by atoms with Crippen molar-refractivity contribution in [1.82, 2.24) is 10.2 Å². The Kier molecular flexibility index (Phi) is 7.52. The number of rotatable bonds is 9. The molecule has 1 amide bonds. The van der Waals surface area contributed by atoms with E-state index in [1.54, 1.807) is 30.3 Å². The van der Waals surface area contributed by atoms with E-state index in [4.69, 9.17) is 11.0 Å². The van der Waals surface area contributed by atoms with Crippen molar-refractivity contribution >= 4 is 23.2 Å². The lowest BCUT2D eigenvalue weighted by molar-refractivity contribution is 0.102. The first-order chi connectivity index (χ1) is 13.0. The van der Waals surface area contributed by atoms with Gasteiger partial charge in [-0.2, -0.15) is 5.26 Å². The fraction of sp³-hybridized carbons (Fsp3) is 0.368. The van der Waals surface area contributed by atoms with Gasteiger partial charge in [-0.15, -0.1) is 10.2 Å². The normalized spacial score (nSPS) is 10.1. The highest BCUT2D eigenvalue weighted by Crippen LogP contribution is 2.20. The second kappa shape index (κ2) is 10.1. The van der Waals surface area contributed by atoms with Gasteiger partial charge in [-0.25, -0.2) is 0 Å². The van der Waals surface area contributed by atoms with Gasteiger partial charge in [-0.3, -0.25) is 4.79 Å². The van der Waals surface area contributed by atoms with Gasteiger partial charge in [0.15, 0.2) is 11.6 Å². The van der Waals surface area contributed by atoms with E-state index in [0.717, 1.165) is 19.3 Å². The Hall–Kier alpha value is -3.18. The minimum atomic E-state index is -0.309. The maximum absolute atomic E-state index is 12.7. The number of hydrogen-bond donors (Lipinski definition) is 3. The molecular weight excluding hydrogens is 342 g/mol. The molecule has 0 saturated heterocycles. The molecule has 8 nitrogen and oxygen atoms in total. The largest absolute Gasteiger partial charge is 0.384 e. The zero-order valence-electron chi connectivity index (χ0n) is 15.7. The molecule has 0 radical (unpaired) electrons. The number of nitrogens with one attached hydrogen (secondary N) is 2. The number of nitriles is 1. The molecule has 1 aromatic carbocycles. The highest BCUT2D eigenvalue weighted by atomic mass is 16.1. The zero-order chi connectivity index (χ0) is 19.6. The average Bonchev–Trinajstić information content (AvgIpc) is 2.68. The lowest BCUT2D eigenvalue weighted by Gasteiger charge is -2.13. The number of benzene rings is 1. The molecule has 1 aromatic heterocycles. The number of nitrogens with zero attached hydrogens (tertiary/aromatic N) is 4. The number of aromatic nitrogens is 2. The quantitative estimate of drug-likeness (QED) is 0.581. The van der Waals surface area contributed by atoms with Crippen molar-refractivity contribution in [2.45, 2.75) is 19.3 Å². The first-order valence-electron chi connectivity index (χ1n) is 8.85. The van der Waals surface area contributed by atoms with Crippen LogP contribution in [0.25, 0.3) is 0 Å². The van der Waals surface area contributed by atoms with Crippen LogP contribution in [0.2, 0.25) is 0 Å². The summed E-state index contributed by atoms with van der Waals surface area (Å²) in [7, 11) is 3.73. The molecule has 8 heteroatoms. The van der Waals surface area contributed by atoms with Gasteiger partial charge in [-0.1, -0.05) is 6.42 Å². The lowest BCUT2D eigenvalue weighted by atomic mass is 10.1. The van der Waals surface area contributed by atoms with Crippen molar-refractivity contribution in [3.8, 4) is 6.07 Å². The number of carbonyl (C=O) groups is 1. The zero-order valence-corrected chi connectivity index (χ0v) is 15.7. The maximum atomic E-state index is 12.7. The van der Waals surface area contributed by atoms with Crippen LogP contribution in [-0.2, 0) is 0 Å². The van der Waals surface area contributed by atoms with E-state index in [1.807, 2.05) is 19.0 Å². The Balaban J connectivity index is 2.10. The topological polar surface area (TPSA) is 120 Å². The van der Waals surface area contributed by atoms with Crippen molar-refractivity contribution in [2.24, 2.45) is 5.73 Å². The lowest BCUT2D eigenvalue weighted by Crippen LogP contribution is -2.17. The Morgan fingerprint density at radius 1 is 1.19 bits per heavy atom. The molecule has 0 aliphatic rings. The van der Waals surface area contributed by atoms with Gasteiger partial charge in [0.2, 0.25) is 0 Å². The fourth-order valence-corrected chi connectivity index (χ4v) is 2.44. The van der Waals surface area contributed by atoms with E-state index in [0.29, 0.717) is 41.5 Å². The average molecular weight is 367 g/mol. The molecule has 142 valence electrons. The molecule has 0 bridgehead atoms. The molecule has 2 rings (SSSR count). The number of carbonyl (C=O) groups excluding carboxylic acids is 1. The summed E-state index contributed by atoms with van der Waals surface area (Å²) in [6.45, 7) is 1.37. The van der Waals surface area contributed by atoms with Crippen LogP contribution in [0.4, 0.5) is 17.3 Å². The van der Waals surface area contributed by atoms with Crippen LogP contribution < -0.4 is 21.3 Å². The first-order valence-corrected chi connectivity index (χ1v) is 8.85. The minimum absolute atomic E-state index is 0.309. The number of nitrogens with two attached hydrogens (primary N) is 1. The Morgan fingerprint density at radius 2 is 2.00 bits per heavy atom. The summed E-state index contributed by atoms with van der Waals surface area (Å²) in [6.07, 6.45) is 2.91. The molecule has 0 saturated carbocycles. The molecule has 0 fully saturated rings. The predicted molar refractivity (Wildman–Crippen MR) is 107 cm³/mol. The Bertz CT molecular complexity index is 797. The molecule has 0 unspecified atom stereocenters. The van der Waals surface area contributed by atoms with E-state index in [1.165, 1.54) is 0 Å². The SMILES string of the molecule is CN(C)c1ccc(NC(=O)c2ccc(C#N)cc2NCCCCCN)nn1. The molecule has 0 spiro atoms. The van der Waals surface area contributed by atoms with Gasteiger partial charge in [-0.05, 0) is 49.7 Å². The summed E-state index contributed by atoms with van der Waals surface area (Å²) in [5, 5.41) is 23.2. The third-order valence-corrected chi connectivity index (χ3v) is 3.94. The third-order valence-electron chi connectivity index (χ3n) is 3.94. The van der Waals surface area contributed by atoms with E-state index in [9.17, 15) is 4.79 Å². The van der Waals surface area contributed by atoms with Crippen molar-refractivity contribution < 1.29 is 4.79 Å². The second-order valence-corrected chi connectivity index (χ2v) is 6.27. The summed E-state index contributed by atoms with van der Waals surface area (Å²) < 4.78 is 0. The van der Waals surface area contributed by atoms with Crippen LogP contribution in [0.1, 0.15) is 35.2 Å². The summed E-state index contributed by atoms with van der Waals surface area (Å²) in [6, 6.07) is 10.5. The van der Waals surface area contributed by atoms with Crippen molar-refractivity contribution in [1.29, 1.82) is 5.26 Å². The van der Waals surface area contributed by atoms with Crippen LogP contribution in [0.3, 0.4) is 0 Å². The Labute approximate surface area is 159 Å². The number of unbranched alkanes of at least 4 members (excludes halogenated alkanes) is 2. The fourth-order valence-electron chi connectivity index (χ4n) is 2.44. The van der Waals surface area contributed by atoms with E-state index in [-0.39, 0.29) is 5.91 Å². The monoisotopic (exact) mass is 367 g/mol. The standard InChI is InChI=1S/C19H25N7O/c1-26(2)18-9-8-17(24-25-18)23-19(27)15-7-6-14(13-21)12-16(15)22-11-5-3-4-10-20/h6-9,12,22H,3-5,10-11,20H2,1-2H3,(H,23,24,27). The molecule has 0 aliphatic carbocycles. The molecular formula is C19H25N7O. The molecule has 1 heterocycles. The molecule has 0 atom stereocenters. The smallest absolute Gasteiger partial charge is 0.258 e.